The number of carboxylic acid groups (broad SMARTS) is 1. The van der Waals surface area contributed by atoms with Crippen LogP contribution in [0.2, 0.25) is 0 Å². The van der Waals surface area contributed by atoms with Gasteiger partial charge in [0.15, 0.2) is 13.1 Å². The highest BCUT2D eigenvalue weighted by Crippen LogP contribution is 1.73. The number of aliphatic carboxylic acids is 1. The van der Waals surface area contributed by atoms with Gasteiger partial charge in [0.05, 0.1) is 0 Å². The third kappa shape index (κ3) is 5.50. The van der Waals surface area contributed by atoms with Gasteiger partial charge in [-0.15, -0.1) is 0 Å². The van der Waals surface area contributed by atoms with Crippen LogP contribution in [0.5, 0.6) is 0 Å². The minimum Gasteiger partial charge on any atom is -0.474 e. The molecular formula is C6H12NO4+. The Morgan fingerprint density at radius 2 is 1.73 bits per heavy atom. The van der Waals surface area contributed by atoms with Crippen molar-refractivity contribution in [3.05, 3.63) is 0 Å². The number of aliphatic hydroxyl groups excluding tert-OH is 2. The second-order valence-electron chi connectivity index (χ2n) is 1.95. The van der Waals surface area contributed by atoms with Crippen LogP contribution in [0.25, 0.3) is 0 Å². The molecular weight excluding hydrogens is 150 g/mol. The lowest BCUT2D eigenvalue weighted by Gasteiger charge is -1.96. The first kappa shape index (κ1) is 10.1. The van der Waals surface area contributed by atoms with E-state index in [2.05, 4.69) is 0 Å². The van der Waals surface area contributed by atoms with E-state index in [1.54, 1.807) is 0 Å². The molecule has 0 unspecified atom stereocenters. The van der Waals surface area contributed by atoms with Crippen LogP contribution in [0.3, 0.4) is 0 Å². The summed E-state index contributed by atoms with van der Waals surface area (Å²) in [5, 5.41) is 25.2. The van der Waals surface area contributed by atoms with Gasteiger partial charge in [0.25, 0.3) is 0 Å². The van der Waals surface area contributed by atoms with Gasteiger partial charge in [-0.05, 0) is 0 Å². The Hall–Kier alpha value is -0.940. The smallest absolute Gasteiger partial charge is 0.392 e. The molecule has 0 amide bonds. The fraction of sp³-hybridized carbons (Fsp3) is 0.667. The first-order valence-corrected chi connectivity index (χ1v) is 3.24. The molecule has 0 rings (SSSR count). The zero-order valence-electron chi connectivity index (χ0n) is 6.10. The monoisotopic (exact) mass is 162 g/mol. The van der Waals surface area contributed by atoms with Gasteiger partial charge in [-0.3, -0.25) is 0 Å². The van der Waals surface area contributed by atoms with E-state index in [1.807, 2.05) is 0 Å². The lowest BCUT2D eigenvalue weighted by atomic mass is 10.5. The van der Waals surface area contributed by atoms with E-state index in [-0.39, 0.29) is 26.3 Å². The minimum atomic E-state index is -1.08. The van der Waals surface area contributed by atoms with Gasteiger partial charge in [0, 0.05) is 0 Å². The molecule has 0 saturated heterocycles. The average Bonchev–Trinajstić information content (AvgIpc) is 1.87. The Morgan fingerprint density at radius 1 is 1.27 bits per heavy atom. The summed E-state index contributed by atoms with van der Waals surface area (Å²) >= 11 is 0. The van der Waals surface area contributed by atoms with Crippen LogP contribution >= 0.6 is 0 Å². The Kier molecular flexibility index (Phi) is 5.32. The molecule has 64 valence electrons. The number of aliphatic hydroxyl groups is 2. The Bertz CT molecular complexity index is 147. The number of rotatable bonds is 5. The molecule has 0 aliphatic rings. The summed E-state index contributed by atoms with van der Waals surface area (Å²) < 4.78 is 1.34. The molecule has 0 aromatic heterocycles. The zero-order chi connectivity index (χ0) is 8.69. The second-order valence-corrected chi connectivity index (χ2v) is 1.95. The van der Waals surface area contributed by atoms with Crippen molar-refractivity contribution in [3.63, 3.8) is 0 Å². The number of carboxylic acids is 1. The topological polar surface area (TPSA) is 80.8 Å². The Balaban J connectivity index is 3.96. The third-order valence-electron chi connectivity index (χ3n) is 1.07. The minimum absolute atomic E-state index is 0.121. The van der Waals surface area contributed by atoms with E-state index in [0.29, 0.717) is 0 Å². The van der Waals surface area contributed by atoms with Crippen molar-refractivity contribution in [2.45, 2.75) is 0 Å². The zero-order valence-corrected chi connectivity index (χ0v) is 6.10. The summed E-state index contributed by atoms with van der Waals surface area (Å²) in [6.45, 7) is 0.216. The first-order valence-electron chi connectivity index (χ1n) is 3.24. The van der Waals surface area contributed by atoms with E-state index < -0.39 is 5.97 Å². The van der Waals surface area contributed by atoms with E-state index in [4.69, 9.17) is 15.3 Å². The van der Waals surface area contributed by atoms with Gasteiger partial charge in [-0.25, -0.2) is 9.37 Å². The molecule has 5 nitrogen and oxygen atoms in total. The number of hydrogen-bond acceptors (Lipinski definition) is 3. The number of hydrogen-bond donors (Lipinski definition) is 3. The average molecular weight is 162 g/mol. The van der Waals surface area contributed by atoms with Crippen molar-refractivity contribution in [3.8, 4) is 0 Å². The predicted molar refractivity (Wildman–Crippen MR) is 37.9 cm³/mol. The highest BCUT2D eigenvalue weighted by atomic mass is 16.4. The highest BCUT2D eigenvalue weighted by Gasteiger charge is 2.04. The van der Waals surface area contributed by atoms with Gasteiger partial charge in [0.2, 0.25) is 6.21 Å². The Morgan fingerprint density at radius 3 is 2.00 bits per heavy atom. The molecule has 0 aromatic carbocycles. The van der Waals surface area contributed by atoms with Crippen molar-refractivity contribution in [1.29, 1.82) is 0 Å². The second kappa shape index (κ2) is 5.82. The fourth-order valence-electron chi connectivity index (χ4n) is 0.654. The quantitative estimate of drug-likeness (QED) is 0.327. The van der Waals surface area contributed by atoms with Gasteiger partial charge < -0.3 is 15.3 Å². The summed E-state index contributed by atoms with van der Waals surface area (Å²) in [6.07, 6.45) is 0.937. The molecule has 11 heavy (non-hydrogen) atoms. The summed E-state index contributed by atoms with van der Waals surface area (Å²) in [5.74, 6) is -1.08. The summed E-state index contributed by atoms with van der Waals surface area (Å²) in [5.41, 5.74) is 0. The molecule has 0 aromatic rings. The molecule has 3 N–H and O–H groups in total. The van der Waals surface area contributed by atoms with Crippen LogP contribution in [0.1, 0.15) is 0 Å². The van der Waals surface area contributed by atoms with Gasteiger partial charge in [0.1, 0.15) is 13.2 Å². The first-order chi connectivity index (χ1) is 5.20. The SMILES string of the molecule is O=C(O)C=[N+](CCO)CCO. The molecule has 5 heteroatoms. The number of nitrogens with zero attached hydrogens (tertiary/aromatic N) is 1. The molecule has 0 bridgehead atoms. The van der Waals surface area contributed by atoms with Crippen LogP contribution in [-0.2, 0) is 4.79 Å². The third-order valence-corrected chi connectivity index (χ3v) is 1.07. The molecule has 0 fully saturated rings. The highest BCUT2D eigenvalue weighted by molar-refractivity contribution is 6.19. The molecule has 0 radical (unpaired) electrons. The molecule has 0 atom stereocenters. The van der Waals surface area contributed by atoms with Crippen LogP contribution in [0.4, 0.5) is 0 Å². The lowest BCUT2D eigenvalue weighted by molar-refractivity contribution is -0.527. The molecule has 0 aliphatic carbocycles. The Labute approximate surface area is 64.2 Å². The summed E-state index contributed by atoms with van der Waals surface area (Å²) in [4.78, 5) is 10.1. The van der Waals surface area contributed by atoms with Crippen LogP contribution in [-0.4, -0.2) is 58.4 Å². The summed E-state index contributed by atoms with van der Waals surface area (Å²) in [7, 11) is 0. The molecule has 0 saturated carbocycles. The number of carbonyl (C=O) groups is 1. The summed E-state index contributed by atoms with van der Waals surface area (Å²) in [6, 6.07) is 0. The maximum atomic E-state index is 10.1. The molecule has 0 aliphatic heterocycles. The normalized spacial score (nSPS) is 9.27. The maximum Gasteiger partial charge on any atom is 0.392 e. The van der Waals surface area contributed by atoms with Gasteiger partial charge in [-0.2, -0.15) is 0 Å². The lowest BCUT2D eigenvalue weighted by Crippen LogP contribution is -2.24. The van der Waals surface area contributed by atoms with Crippen LogP contribution < -0.4 is 0 Å². The van der Waals surface area contributed by atoms with E-state index in [0.717, 1.165) is 6.21 Å². The largest absolute Gasteiger partial charge is 0.474 e. The van der Waals surface area contributed by atoms with E-state index in [1.165, 1.54) is 4.58 Å². The predicted octanol–water partition coefficient (Wildman–Crippen LogP) is -1.86. The van der Waals surface area contributed by atoms with Crippen molar-refractivity contribution < 1.29 is 24.7 Å². The maximum absolute atomic E-state index is 10.1. The van der Waals surface area contributed by atoms with E-state index >= 15 is 0 Å². The van der Waals surface area contributed by atoms with Gasteiger partial charge in [-0.1, -0.05) is 0 Å². The van der Waals surface area contributed by atoms with Crippen molar-refractivity contribution >= 4 is 12.2 Å². The van der Waals surface area contributed by atoms with Crippen LogP contribution in [0, 0.1) is 0 Å². The van der Waals surface area contributed by atoms with Crippen molar-refractivity contribution in [2.24, 2.45) is 0 Å². The molecule has 0 spiro atoms. The van der Waals surface area contributed by atoms with Gasteiger partial charge >= 0.3 is 5.97 Å². The fourth-order valence-corrected chi connectivity index (χ4v) is 0.654. The van der Waals surface area contributed by atoms with Crippen molar-refractivity contribution in [2.75, 3.05) is 26.3 Å². The standard InChI is InChI=1S/C6H11NO4/c8-3-1-7(2-4-9)5-6(10)11/h5,8-9H,1-4H2/p+1. The molecule has 0 heterocycles. The van der Waals surface area contributed by atoms with E-state index in [9.17, 15) is 4.79 Å². The van der Waals surface area contributed by atoms with Crippen molar-refractivity contribution in [1.82, 2.24) is 0 Å². The van der Waals surface area contributed by atoms with Crippen LogP contribution in [0.15, 0.2) is 0 Å².